The molecule has 0 radical (unpaired) electrons. The van der Waals surface area contributed by atoms with Crippen LogP contribution in [0.5, 0.6) is 0 Å². The van der Waals surface area contributed by atoms with Crippen molar-refractivity contribution in [2.45, 2.75) is 19.8 Å². The summed E-state index contributed by atoms with van der Waals surface area (Å²) in [6.45, 7) is 3.10. The van der Waals surface area contributed by atoms with E-state index in [0.717, 1.165) is 12.8 Å². The number of rotatable bonds is 3. The molecule has 1 aliphatic rings. The number of aromatic nitrogens is 2. The molecule has 6 nitrogen and oxygen atoms in total. The molecule has 0 N–H and O–H groups in total. The maximum Gasteiger partial charge on any atom is 0.310 e. The smallest absolute Gasteiger partial charge is 0.310 e. The summed E-state index contributed by atoms with van der Waals surface area (Å²) in [6.07, 6.45) is 4.20. The Bertz CT molecular complexity index is 492. The monoisotopic (exact) mass is 297 g/mol. The van der Waals surface area contributed by atoms with Crippen LogP contribution in [0.15, 0.2) is 12.4 Å². The summed E-state index contributed by atoms with van der Waals surface area (Å²) in [5.41, 5.74) is 0.235. The SMILES string of the molecule is CCOC(=O)C1CCCN(C(=O)c2cnc(Cl)cn2)C1. The maximum atomic E-state index is 12.3. The van der Waals surface area contributed by atoms with Gasteiger partial charge in [0.15, 0.2) is 0 Å². The highest BCUT2D eigenvalue weighted by atomic mass is 35.5. The third-order valence-corrected chi connectivity index (χ3v) is 3.36. The van der Waals surface area contributed by atoms with Gasteiger partial charge in [-0.05, 0) is 19.8 Å². The highest BCUT2D eigenvalue weighted by Crippen LogP contribution is 2.19. The van der Waals surface area contributed by atoms with Crippen molar-refractivity contribution in [1.29, 1.82) is 0 Å². The number of esters is 1. The van der Waals surface area contributed by atoms with Crippen molar-refractivity contribution in [3.05, 3.63) is 23.2 Å². The quantitative estimate of drug-likeness (QED) is 0.791. The van der Waals surface area contributed by atoms with E-state index in [1.807, 2.05) is 0 Å². The Morgan fingerprint density at radius 3 is 2.90 bits per heavy atom. The molecular weight excluding hydrogens is 282 g/mol. The Morgan fingerprint density at radius 1 is 1.45 bits per heavy atom. The van der Waals surface area contributed by atoms with E-state index < -0.39 is 0 Å². The Labute approximate surface area is 122 Å². The molecule has 20 heavy (non-hydrogen) atoms. The van der Waals surface area contributed by atoms with E-state index >= 15 is 0 Å². The Hall–Kier alpha value is -1.69. The van der Waals surface area contributed by atoms with Crippen LogP contribution in [-0.2, 0) is 9.53 Å². The lowest BCUT2D eigenvalue weighted by atomic mass is 9.98. The van der Waals surface area contributed by atoms with Gasteiger partial charge in [-0.25, -0.2) is 9.97 Å². The molecule has 0 bridgehead atoms. The van der Waals surface area contributed by atoms with Gasteiger partial charge in [-0.1, -0.05) is 11.6 Å². The molecule has 0 spiro atoms. The number of likely N-dealkylation sites (tertiary alicyclic amines) is 1. The Kier molecular flexibility index (Phi) is 4.89. The number of carbonyl (C=O) groups excluding carboxylic acids is 2. The number of ether oxygens (including phenoxy) is 1. The van der Waals surface area contributed by atoms with Crippen LogP contribution in [0, 0.1) is 5.92 Å². The van der Waals surface area contributed by atoms with Crippen LogP contribution >= 0.6 is 11.6 Å². The van der Waals surface area contributed by atoms with Gasteiger partial charge in [0.1, 0.15) is 10.8 Å². The summed E-state index contributed by atoms with van der Waals surface area (Å²) in [7, 11) is 0. The van der Waals surface area contributed by atoms with Crippen molar-refractivity contribution < 1.29 is 14.3 Å². The number of nitrogens with zero attached hydrogens (tertiary/aromatic N) is 3. The summed E-state index contributed by atoms with van der Waals surface area (Å²) in [5.74, 6) is -0.733. The molecule has 0 aliphatic carbocycles. The van der Waals surface area contributed by atoms with Crippen LogP contribution in [0.2, 0.25) is 5.15 Å². The van der Waals surface area contributed by atoms with Gasteiger partial charge >= 0.3 is 5.97 Å². The molecule has 7 heteroatoms. The number of amides is 1. The minimum absolute atomic E-state index is 0.233. The second-order valence-corrected chi connectivity index (χ2v) is 4.95. The molecule has 0 aromatic carbocycles. The molecule has 1 saturated heterocycles. The van der Waals surface area contributed by atoms with Crippen LogP contribution in [0.25, 0.3) is 0 Å². The molecule has 1 unspecified atom stereocenters. The van der Waals surface area contributed by atoms with Gasteiger partial charge in [0.2, 0.25) is 0 Å². The first-order valence-electron chi connectivity index (χ1n) is 6.55. The minimum Gasteiger partial charge on any atom is -0.466 e. The van der Waals surface area contributed by atoms with Crippen molar-refractivity contribution in [1.82, 2.24) is 14.9 Å². The predicted molar refractivity (Wildman–Crippen MR) is 72.3 cm³/mol. The van der Waals surface area contributed by atoms with E-state index in [0.29, 0.717) is 19.7 Å². The molecule has 1 atom stereocenters. The normalized spacial score (nSPS) is 18.7. The summed E-state index contributed by atoms with van der Waals surface area (Å²) in [6, 6.07) is 0. The lowest BCUT2D eigenvalue weighted by Gasteiger charge is -2.31. The average Bonchev–Trinajstić information content (AvgIpc) is 2.48. The van der Waals surface area contributed by atoms with Crippen molar-refractivity contribution in [2.24, 2.45) is 5.92 Å². The topological polar surface area (TPSA) is 72.4 Å². The van der Waals surface area contributed by atoms with Crippen LogP contribution < -0.4 is 0 Å². The van der Waals surface area contributed by atoms with Gasteiger partial charge in [0, 0.05) is 13.1 Å². The highest BCUT2D eigenvalue weighted by molar-refractivity contribution is 6.29. The van der Waals surface area contributed by atoms with Crippen LogP contribution in [0.3, 0.4) is 0 Å². The first-order valence-corrected chi connectivity index (χ1v) is 6.93. The van der Waals surface area contributed by atoms with Crippen molar-refractivity contribution in [2.75, 3.05) is 19.7 Å². The number of piperidine rings is 1. The number of halogens is 1. The molecule has 1 fully saturated rings. The van der Waals surface area contributed by atoms with Gasteiger partial charge in [-0.3, -0.25) is 9.59 Å². The zero-order valence-electron chi connectivity index (χ0n) is 11.2. The van der Waals surface area contributed by atoms with Crippen molar-refractivity contribution >= 4 is 23.5 Å². The van der Waals surface area contributed by atoms with Gasteiger partial charge in [0.25, 0.3) is 5.91 Å². The molecule has 1 aromatic heterocycles. The number of carbonyl (C=O) groups is 2. The fraction of sp³-hybridized carbons (Fsp3) is 0.538. The zero-order chi connectivity index (χ0) is 14.5. The fourth-order valence-electron chi connectivity index (χ4n) is 2.20. The van der Waals surface area contributed by atoms with Crippen molar-refractivity contribution in [3.8, 4) is 0 Å². The lowest BCUT2D eigenvalue weighted by Crippen LogP contribution is -2.43. The number of hydrogen-bond acceptors (Lipinski definition) is 5. The molecular formula is C13H16ClN3O3. The summed E-state index contributed by atoms with van der Waals surface area (Å²) in [5, 5.41) is 0.240. The summed E-state index contributed by atoms with van der Waals surface area (Å²) < 4.78 is 5.01. The average molecular weight is 298 g/mol. The summed E-state index contributed by atoms with van der Waals surface area (Å²) >= 11 is 5.64. The van der Waals surface area contributed by atoms with Crippen LogP contribution in [0.4, 0.5) is 0 Å². The zero-order valence-corrected chi connectivity index (χ0v) is 12.0. The standard InChI is InChI=1S/C13H16ClN3O3/c1-2-20-13(19)9-4-3-5-17(8-9)12(18)10-6-16-11(14)7-15-10/h6-7,9H,2-5,8H2,1H3. The molecule has 1 aromatic rings. The van der Waals surface area contributed by atoms with Crippen LogP contribution in [-0.4, -0.2) is 46.4 Å². The van der Waals surface area contributed by atoms with Gasteiger partial charge < -0.3 is 9.64 Å². The van der Waals surface area contributed by atoms with Gasteiger partial charge in [-0.2, -0.15) is 0 Å². The number of hydrogen-bond donors (Lipinski definition) is 0. The van der Waals surface area contributed by atoms with E-state index in [2.05, 4.69) is 9.97 Å². The first kappa shape index (κ1) is 14.7. The lowest BCUT2D eigenvalue weighted by molar-refractivity contribution is -0.149. The van der Waals surface area contributed by atoms with E-state index in [1.54, 1.807) is 11.8 Å². The molecule has 108 valence electrons. The van der Waals surface area contributed by atoms with Crippen molar-refractivity contribution in [3.63, 3.8) is 0 Å². The predicted octanol–water partition coefficient (Wildman–Crippen LogP) is 1.55. The second-order valence-electron chi connectivity index (χ2n) is 4.57. The largest absolute Gasteiger partial charge is 0.466 e. The highest BCUT2D eigenvalue weighted by Gasteiger charge is 2.30. The van der Waals surface area contributed by atoms with E-state index in [1.165, 1.54) is 12.4 Å². The minimum atomic E-state index is -0.257. The van der Waals surface area contributed by atoms with E-state index in [9.17, 15) is 9.59 Å². The Morgan fingerprint density at radius 2 is 2.25 bits per heavy atom. The first-order chi connectivity index (χ1) is 9.61. The molecule has 2 rings (SSSR count). The van der Waals surface area contributed by atoms with Gasteiger partial charge in [-0.15, -0.1) is 0 Å². The third-order valence-electron chi connectivity index (χ3n) is 3.17. The molecule has 0 saturated carbocycles. The van der Waals surface area contributed by atoms with E-state index in [4.69, 9.17) is 16.3 Å². The maximum absolute atomic E-state index is 12.3. The summed E-state index contributed by atoms with van der Waals surface area (Å²) in [4.78, 5) is 33.4. The molecule has 1 amide bonds. The third kappa shape index (κ3) is 3.45. The van der Waals surface area contributed by atoms with E-state index in [-0.39, 0.29) is 28.6 Å². The Balaban J connectivity index is 2.03. The van der Waals surface area contributed by atoms with Gasteiger partial charge in [0.05, 0.1) is 24.9 Å². The molecule has 1 aliphatic heterocycles. The fourth-order valence-corrected chi connectivity index (χ4v) is 2.30. The molecule has 2 heterocycles. The van der Waals surface area contributed by atoms with Crippen LogP contribution in [0.1, 0.15) is 30.3 Å². The second kappa shape index (κ2) is 6.65.